The van der Waals surface area contributed by atoms with Gasteiger partial charge >= 0.3 is 0 Å². The molecule has 2 heterocycles. The summed E-state index contributed by atoms with van der Waals surface area (Å²) in [6.07, 6.45) is 19.0. The molecule has 0 unspecified atom stereocenters. The van der Waals surface area contributed by atoms with Crippen LogP contribution in [0.5, 0.6) is 0 Å². The summed E-state index contributed by atoms with van der Waals surface area (Å²) in [5.41, 5.74) is 2.62. The number of likely N-dealkylation sites (N-methyl/N-ethyl adjacent to an activating group) is 1. The smallest absolute Gasteiger partial charge is 0.243 e. The zero-order chi connectivity index (χ0) is 26.5. The lowest BCUT2D eigenvalue weighted by Crippen LogP contribution is -2.54. The number of carbonyl (C=O) groups is 1. The lowest BCUT2D eigenvalue weighted by Gasteiger charge is -2.39. The molecule has 2 aliphatic rings. The third-order valence-electron chi connectivity index (χ3n) is 6.96. The van der Waals surface area contributed by atoms with E-state index >= 15 is 0 Å². The summed E-state index contributed by atoms with van der Waals surface area (Å²) < 4.78 is 12.5. The Kier molecular flexibility index (Phi) is 13.4. The number of aliphatic hydroxyl groups is 1. The molecule has 0 aromatic rings. The predicted molar refractivity (Wildman–Crippen MR) is 147 cm³/mol. The van der Waals surface area contributed by atoms with Crippen LogP contribution in [0.3, 0.4) is 0 Å². The topological polar surface area (TPSA) is 79.8 Å². The fourth-order valence-electron chi connectivity index (χ4n) is 4.68. The van der Waals surface area contributed by atoms with Gasteiger partial charge in [-0.25, -0.2) is 0 Å². The molecular formula is C30H48N2O4. The van der Waals surface area contributed by atoms with E-state index in [0.717, 1.165) is 25.7 Å². The van der Waals surface area contributed by atoms with E-state index in [0.29, 0.717) is 18.9 Å². The van der Waals surface area contributed by atoms with Crippen LogP contribution in [-0.4, -0.2) is 55.2 Å². The Morgan fingerprint density at radius 3 is 2.64 bits per heavy atom. The highest BCUT2D eigenvalue weighted by Crippen LogP contribution is 2.26. The number of ether oxygens (including phenoxy) is 2. The van der Waals surface area contributed by atoms with E-state index in [9.17, 15) is 9.90 Å². The van der Waals surface area contributed by atoms with Crippen LogP contribution in [-0.2, 0) is 14.3 Å². The summed E-state index contributed by atoms with van der Waals surface area (Å²) in [6.45, 7) is 11.2. The summed E-state index contributed by atoms with van der Waals surface area (Å²) in [6, 6.07) is -0.105. The summed E-state index contributed by atoms with van der Waals surface area (Å²) in [4.78, 5) is 12.2. The molecule has 1 amide bonds. The van der Waals surface area contributed by atoms with E-state index in [2.05, 4.69) is 68.7 Å². The number of allylic oxidation sites excluding steroid dienone is 7. The lowest BCUT2D eigenvalue weighted by atomic mass is 9.97. The Labute approximate surface area is 218 Å². The Morgan fingerprint density at radius 2 is 1.92 bits per heavy atom. The molecule has 0 radical (unpaired) electrons. The summed E-state index contributed by atoms with van der Waals surface area (Å²) in [5.74, 6) is 0.435. The Bertz CT molecular complexity index is 817. The van der Waals surface area contributed by atoms with Crippen LogP contribution in [0.4, 0.5) is 0 Å². The van der Waals surface area contributed by atoms with Crippen molar-refractivity contribution in [3.63, 3.8) is 0 Å². The van der Waals surface area contributed by atoms with Crippen LogP contribution < -0.4 is 10.6 Å². The molecule has 6 heteroatoms. The van der Waals surface area contributed by atoms with Gasteiger partial charge in [-0.15, -0.1) is 0 Å². The molecule has 2 rings (SSSR count). The number of aliphatic hydroxyl groups excluding tert-OH is 1. The first-order valence-corrected chi connectivity index (χ1v) is 13.5. The van der Waals surface area contributed by atoms with Gasteiger partial charge in [-0.3, -0.25) is 4.79 Å². The fraction of sp³-hybridized carbons (Fsp3) is 0.633. The SMILES string of the molecule is CN[C@H]1[C@@H](O)C[C@@H](O[C@H]2C/C=C(\C)C/C(C)=C/C=C/CC[C@H](C)CNC(=O)/C=C/C=C/[C@@H]2C)O[C@@H]1C. The van der Waals surface area contributed by atoms with Crippen molar-refractivity contribution in [1.82, 2.24) is 10.6 Å². The molecule has 0 aromatic carbocycles. The van der Waals surface area contributed by atoms with E-state index in [1.165, 1.54) is 11.1 Å². The molecule has 1 saturated heterocycles. The van der Waals surface area contributed by atoms with Crippen molar-refractivity contribution in [3.05, 3.63) is 59.8 Å². The molecule has 0 aromatic heterocycles. The summed E-state index contributed by atoms with van der Waals surface area (Å²) in [5, 5.41) is 16.7. The molecule has 0 bridgehead atoms. The van der Waals surface area contributed by atoms with Crippen LogP contribution in [0.1, 0.15) is 66.7 Å². The van der Waals surface area contributed by atoms with Crippen LogP contribution in [0.15, 0.2) is 59.8 Å². The average Bonchev–Trinajstić information content (AvgIpc) is 2.82. The molecule has 0 aliphatic carbocycles. The third kappa shape index (κ3) is 11.0. The van der Waals surface area contributed by atoms with E-state index in [4.69, 9.17) is 9.47 Å². The van der Waals surface area contributed by atoms with Crippen molar-refractivity contribution >= 4 is 5.91 Å². The fourth-order valence-corrected chi connectivity index (χ4v) is 4.68. The molecule has 7 atom stereocenters. The Hall–Kier alpha value is -1.99. The van der Waals surface area contributed by atoms with E-state index in [1.54, 1.807) is 12.2 Å². The molecule has 1 fully saturated rings. The van der Waals surface area contributed by atoms with Crippen molar-refractivity contribution in [2.45, 2.75) is 97.4 Å². The monoisotopic (exact) mass is 500 g/mol. The van der Waals surface area contributed by atoms with Gasteiger partial charge in [-0.2, -0.15) is 0 Å². The molecule has 0 saturated carbocycles. The van der Waals surface area contributed by atoms with Crippen molar-refractivity contribution in [3.8, 4) is 0 Å². The predicted octanol–water partition coefficient (Wildman–Crippen LogP) is 4.98. The maximum atomic E-state index is 12.2. The number of nitrogens with one attached hydrogen (secondary N) is 2. The van der Waals surface area contributed by atoms with E-state index in [1.807, 2.05) is 20.0 Å². The molecule has 36 heavy (non-hydrogen) atoms. The van der Waals surface area contributed by atoms with Gasteiger partial charge in [0.25, 0.3) is 0 Å². The number of carbonyl (C=O) groups excluding carboxylic acids is 1. The highest BCUT2D eigenvalue weighted by molar-refractivity contribution is 5.87. The van der Waals surface area contributed by atoms with Crippen LogP contribution >= 0.6 is 0 Å². The largest absolute Gasteiger partial charge is 0.391 e. The lowest BCUT2D eigenvalue weighted by molar-refractivity contribution is -0.241. The van der Waals surface area contributed by atoms with E-state index < -0.39 is 12.4 Å². The zero-order valence-corrected chi connectivity index (χ0v) is 23.1. The van der Waals surface area contributed by atoms with Crippen LogP contribution in [0, 0.1) is 11.8 Å². The van der Waals surface area contributed by atoms with Crippen molar-refractivity contribution in [1.29, 1.82) is 0 Å². The molecule has 6 nitrogen and oxygen atoms in total. The number of hydrogen-bond donors (Lipinski definition) is 3. The van der Waals surface area contributed by atoms with Crippen molar-refractivity contribution in [2.24, 2.45) is 11.8 Å². The second kappa shape index (κ2) is 16.0. The maximum Gasteiger partial charge on any atom is 0.243 e. The number of hydrogen-bond acceptors (Lipinski definition) is 5. The third-order valence-corrected chi connectivity index (χ3v) is 6.96. The highest BCUT2D eigenvalue weighted by Gasteiger charge is 2.36. The number of amides is 1. The Balaban J connectivity index is 2.18. The zero-order valence-electron chi connectivity index (χ0n) is 23.1. The van der Waals surface area contributed by atoms with Crippen molar-refractivity contribution in [2.75, 3.05) is 13.6 Å². The van der Waals surface area contributed by atoms with Crippen LogP contribution in [0.2, 0.25) is 0 Å². The second-order valence-corrected chi connectivity index (χ2v) is 10.5. The molecule has 2 aliphatic heterocycles. The summed E-state index contributed by atoms with van der Waals surface area (Å²) >= 11 is 0. The van der Waals surface area contributed by atoms with Gasteiger partial charge in [0.15, 0.2) is 6.29 Å². The second-order valence-electron chi connectivity index (χ2n) is 10.5. The normalized spacial score (nSPS) is 39.5. The van der Waals surface area contributed by atoms with Gasteiger partial charge in [0, 0.05) is 25.0 Å². The first kappa shape index (κ1) is 30.2. The minimum absolute atomic E-state index is 0.0771. The van der Waals surface area contributed by atoms with Gasteiger partial charge in [0.1, 0.15) is 0 Å². The van der Waals surface area contributed by atoms with Gasteiger partial charge in [-0.05, 0) is 59.4 Å². The highest BCUT2D eigenvalue weighted by atomic mass is 16.7. The van der Waals surface area contributed by atoms with Crippen LogP contribution in [0.25, 0.3) is 0 Å². The average molecular weight is 501 g/mol. The van der Waals surface area contributed by atoms with Crippen molar-refractivity contribution < 1.29 is 19.4 Å². The minimum atomic E-state index is -0.524. The molecule has 0 spiro atoms. The van der Waals surface area contributed by atoms with Gasteiger partial charge in [-0.1, -0.05) is 67.5 Å². The first-order chi connectivity index (χ1) is 17.2. The minimum Gasteiger partial charge on any atom is -0.391 e. The molecule has 202 valence electrons. The van der Waals surface area contributed by atoms with Gasteiger partial charge < -0.3 is 25.2 Å². The summed E-state index contributed by atoms with van der Waals surface area (Å²) in [7, 11) is 1.84. The number of rotatable bonds is 3. The quantitative estimate of drug-likeness (QED) is 0.477. The van der Waals surface area contributed by atoms with E-state index in [-0.39, 0.29) is 30.1 Å². The molecular weight excluding hydrogens is 452 g/mol. The first-order valence-electron chi connectivity index (χ1n) is 13.5. The Morgan fingerprint density at radius 1 is 1.14 bits per heavy atom. The maximum absolute atomic E-state index is 12.2. The standard InChI is InChI=1S/C30H48N2O4/c1-21-12-8-7-9-13-23(3)20-32-28(34)15-11-10-14-24(4)27(17-16-22(2)18-21)36-29-19-26(33)30(31-6)25(5)35-29/h7-8,10-12,14-16,23-27,29-31,33H,9,13,17-20H2,1-6H3,(H,32,34)/b8-7+,14-10+,15-11+,21-12+,22-16+/t23-,24-,25+,26-,27-,29+,30+/m0/s1. The molecule has 3 N–H and O–H groups in total. The van der Waals surface area contributed by atoms with Gasteiger partial charge in [0.05, 0.1) is 24.4 Å². The van der Waals surface area contributed by atoms with Gasteiger partial charge in [0.2, 0.25) is 5.91 Å².